The first-order valence-corrected chi connectivity index (χ1v) is 11.9. The predicted molar refractivity (Wildman–Crippen MR) is 121 cm³/mol. The molecule has 1 fully saturated rings. The van der Waals surface area contributed by atoms with Gasteiger partial charge in [0.1, 0.15) is 5.82 Å². The molecule has 1 N–H and O–H groups in total. The smallest absolute Gasteiger partial charge is 0.260 e. The first-order valence-electron chi connectivity index (χ1n) is 10.1. The lowest BCUT2D eigenvalue weighted by Crippen LogP contribution is -2.49. The molecule has 2 amide bonds. The number of benzene rings is 1. The fourth-order valence-electron chi connectivity index (χ4n) is 3.47. The van der Waals surface area contributed by atoms with E-state index in [4.69, 9.17) is 0 Å². The van der Waals surface area contributed by atoms with Crippen LogP contribution in [0.4, 0.5) is 9.52 Å². The molecule has 0 atom stereocenters. The number of amides is 2. The maximum Gasteiger partial charge on any atom is 0.260 e. The Kier molecular flexibility index (Phi) is 7.06. The van der Waals surface area contributed by atoms with Gasteiger partial charge in [-0.1, -0.05) is 18.2 Å². The monoisotopic (exact) mass is 458 g/mol. The number of thiazole rings is 1. The van der Waals surface area contributed by atoms with Gasteiger partial charge in [0.2, 0.25) is 5.91 Å². The largest absolute Gasteiger partial charge is 0.340 e. The number of hydrogen-bond acceptors (Lipinski definition) is 6. The lowest BCUT2D eigenvalue weighted by molar-refractivity contribution is -0.132. The Hall–Kier alpha value is -2.62. The number of piperazine rings is 1. The summed E-state index contributed by atoms with van der Waals surface area (Å²) >= 11 is 3.01. The Bertz CT molecular complexity index is 1030. The molecule has 162 valence electrons. The Morgan fingerprint density at radius 3 is 2.61 bits per heavy atom. The van der Waals surface area contributed by atoms with Crippen molar-refractivity contribution < 1.29 is 14.0 Å². The number of thiophene rings is 1. The predicted octanol–water partition coefficient (Wildman–Crippen LogP) is 3.53. The van der Waals surface area contributed by atoms with E-state index in [1.54, 1.807) is 22.8 Å². The summed E-state index contributed by atoms with van der Waals surface area (Å²) in [6.45, 7) is 4.19. The minimum atomic E-state index is -0.582. The Labute approximate surface area is 188 Å². The van der Waals surface area contributed by atoms with E-state index in [1.807, 2.05) is 4.90 Å². The highest BCUT2D eigenvalue weighted by Gasteiger charge is 2.22. The van der Waals surface area contributed by atoms with Crippen molar-refractivity contribution in [1.29, 1.82) is 0 Å². The molecule has 2 aromatic heterocycles. The molecule has 0 unspecified atom stereocenters. The van der Waals surface area contributed by atoms with Gasteiger partial charge in [-0.15, -0.1) is 22.7 Å². The summed E-state index contributed by atoms with van der Waals surface area (Å²) in [4.78, 5) is 34.8. The minimum Gasteiger partial charge on any atom is -0.340 e. The second kappa shape index (κ2) is 10.1. The van der Waals surface area contributed by atoms with Gasteiger partial charge in [0.15, 0.2) is 5.13 Å². The van der Waals surface area contributed by atoms with Gasteiger partial charge in [0, 0.05) is 43.0 Å². The zero-order chi connectivity index (χ0) is 21.6. The normalized spacial score (nSPS) is 14.5. The van der Waals surface area contributed by atoms with E-state index in [9.17, 15) is 14.0 Å². The van der Waals surface area contributed by atoms with E-state index in [0.29, 0.717) is 23.9 Å². The summed E-state index contributed by atoms with van der Waals surface area (Å²) in [7, 11) is 0. The Morgan fingerprint density at radius 1 is 1.06 bits per heavy atom. The van der Waals surface area contributed by atoms with Crippen LogP contribution in [0.1, 0.15) is 20.9 Å². The second-order valence-electron chi connectivity index (χ2n) is 7.31. The van der Waals surface area contributed by atoms with Gasteiger partial charge < -0.3 is 4.90 Å². The van der Waals surface area contributed by atoms with Crippen LogP contribution in [0, 0.1) is 5.82 Å². The summed E-state index contributed by atoms with van der Waals surface area (Å²) in [6, 6.07) is 10.0. The first kappa shape index (κ1) is 21.6. The van der Waals surface area contributed by atoms with E-state index in [0.717, 1.165) is 26.1 Å². The number of carbonyl (C=O) groups excluding carboxylic acids is 2. The van der Waals surface area contributed by atoms with Crippen molar-refractivity contribution in [3.8, 4) is 0 Å². The van der Waals surface area contributed by atoms with Gasteiger partial charge in [0.25, 0.3) is 5.91 Å². The number of hydrogen-bond donors (Lipinski definition) is 1. The van der Waals surface area contributed by atoms with Gasteiger partial charge in [-0.3, -0.25) is 19.8 Å². The molecule has 0 saturated carbocycles. The van der Waals surface area contributed by atoms with E-state index in [-0.39, 0.29) is 17.9 Å². The van der Waals surface area contributed by atoms with Crippen LogP contribution in [0.2, 0.25) is 0 Å². The van der Waals surface area contributed by atoms with Gasteiger partial charge in [-0.05, 0) is 30.0 Å². The molecule has 0 radical (unpaired) electrons. The van der Waals surface area contributed by atoms with E-state index in [2.05, 4.69) is 32.7 Å². The molecule has 9 heteroatoms. The average Bonchev–Trinajstić information content (AvgIpc) is 3.45. The maximum absolute atomic E-state index is 13.7. The van der Waals surface area contributed by atoms with Crippen molar-refractivity contribution in [3.63, 3.8) is 0 Å². The molecular formula is C22H23FN4O2S2. The Balaban J connectivity index is 1.24. The number of anilines is 1. The van der Waals surface area contributed by atoms with Gasteiger partial charge >= 0.3 is 0 Å². The summed E-state index contributed by atoms with van der Waals surface area (Å²) in [6.07, 6.45) is 1.24. The van der Waals surface area contributed by atoms with Crippen molar-refractivity contribution in [3.05, 3.63) is 69.1 Å². The van der Waals surface area contributed by atoms with Crippen LogP contribution in [-0.2, 0) is 17.6 Å². The van der Waals surface area contributed by atoms with Crippen molar-refractivity contribution >= 4 is 39.6 Å². The quantitative estimate of drug-likeness (QED) is 0.588. The third-order valence-corrected chi connectivity index (χ3v) is 6.95. The van der Waals surface area contributed by atoms with Crippen LogP contribution in [-0.4, -0.2) is 59.3 Å². The lowest BCUT2D eigenvalue weighted by atomic mass is 10.2. The highest BCUT2D eigenvalue weighted by molar-refractivity contribution is 7.14. The van der Waals surface area contributed by atoms with Gasteiger partial charge in [-0.25, -0.2) is 9.37 Å². The summed E-state index contributed by atoms with van der Waals surface area (Å²) in [5, 5.41) is 6.81. The fraction of sp³-hybridized carbons (Fsp3) is 0.318. The number of nitrogens with one attached hydrogen (secondary N) is 1. The zero-order valence-electron chi connectivity index (χ0n) is 16.9. The number of rotatable bonds is 7. The van der Waals surface area contributed by atoms with Crippen molar-refractivity contribution in [2.24, 2.45) is 0 Å². The molecule has 1 aliphatic heterocycles. The van der Waals surface area contributed by atoms with Crippen LogP contribution >= 0.6 is 22.7 Å². The number of carbonyl (C=O) groups is 2. The Morgan fingerprint density at radius 2 is 1.87 bits per heavy atom. The maximum atomic E-state index is 13.7. The van der Waals surface area contributed by atoms with Crippen LogP contribution < -0.4 is 5.32 Å². The van der Waals surface area contributed by atoms with E-state index in [1.165, 1.54) is 34.4 Å². The second-order valence-corrected chi connectivity index (χ2v) is 9.20. The molecular weight excluding hydrogens is 435 g/mol. The summed E-state index contributed by atoms with van der Waals surface area (Å²) in [5.74, 6) is -1.10. The van der Waals surface area contributed by atoms with Gasteiger partial charge in [0.05, 0.1) is 17.7 Å². The zero-order valence-corrected chi connectivity index (χ0v) is 18.6. The van der Waals surface area contributed by atoms with Crippen molar-refractivity contribution in [2.75, 3.05) is 38.0 Å². The molecule has 4 rings (SSSR count). The van der Waals surface area contributed by atoms with Crippen molar-refractivity contribution in [2.45, 2.75) is 12.8 Å². The molecule has 6 nitrogen and oxygen atoms in total. The molecule has 3 aromatic rings. The molecule has 0 spiro atoms. The minimum absolute atomic E-state index is 0.0349. The highest BCUT2D eigenvalue weighted by Crippen LogP contribution is 2.19. The molecule has 0 aliphatic carbocycles. The lowest BCUT2D eigenvalue weighted by Gasteiger charge is -2.34. The van der Waals surface area contributed by atoms with E-state index >= 15 is 0 Å². The molecule has 1 aromatic carbocycles. The fourth-order valence-corrected chi connectivity index (χ4v) is 4.87. The SMILES string of the molecule is O=C(Nc1nc(CC(=O)N2CCN(CCc3cccs3)CC2)cs1)c1ccccc1F. The van der Waals surface area contributed by atoms with Crippen LogP contribution in [0.25, 0.3) is 0 Å². The highest BCUT2D eigenvalue weighted by atomic mass is 32.1. The first-order chi connectivity index (χ1) is 15.1. The number of nitrogens with zero attached hydrogens (tertiary/aromatic N) is 3. The third kappa shape index (κ3) is 5.75. The molecule has 1 aliphatic rings. The summed E-state index contributed by atoms with van der Waals surface area (Å²) < 4.78 is 13.7. The van der Waals surface area contributed by atoms with Crippen LogP contribution in [0.15, 0.2) is 47.2 Å². The van der Waals surface area contributed by atoms with Crippen LogP contribution in [0.3, 0.4) is 0 Å². The van der Waals surface area contributed by atoms with Crippen LogP contribution in [0.5, 0.6) is 0 Å². The van der Waals surface area contributed by atoms with Crippen molar-refractivity contribution in [1.82, 2.24) is 14.8 Å². The molecule has 1 saturated heterocycles. The molecule has 0 bridgehead atoms. The molecule has 31 heavy (non-hydrogen) atoms. The molecule has 3 heterocycles. The third-order valence-electron chi connectivity index (χ3n) is 5.20. The number of halogens is 1. The topological polar surface area (TPSA) is 65.5 Å². The average molecular weight is 459 g/mol. The van der Waals surface area contributed by atoms with Gasteiger partial charge in [-0.2, -0.15) is 0 Å². The summed E-state index contributed by atoms with van der Waals surface area (Å²) in [5.41, 5.74) is 0.575. The van der Waals surface area contributed by atoms with E-state index < -0.39 is 11.7 Å². The standard InChI is InChI=1S/C22H23FN4O2S2/c23-19-6-2-1-5-18(19)21(29)25-22-24-16(15-31-22)14-20(28)27-11-9-26(10-12-27)8-7-17-4-3-13-30-17/h1-6,13,15H,7-12,14H2,(H,24,25,29). The number of aromatic nitrogens is 1.